The summed E-state index contributed by atoms with van der Waals surface area (Å²) >= 11 is 0. The van der Waals surface area contributed by atoms with E-state index in [1.807, 2.05) is 0 Å². The van der Waals surface area contributed by atoms with E-state index in [0.717, 1.165) is 18.2 Å². The molecule has 0 spiro atoms. The van der Waals surface area contributed by atoms with E-state index in [1.54, 1.807) is 25.1 Å². The Hall–Kier alpha value is -1.64. The van der Waals surface area contributed by atoms with Gasteiger partial charge in [0.25, 0.3) is 5.91 Å². The van der Waals surface area contributed by atoms with Crippen LogP contribution < -0.4 is 15.8 Å². The van der Waals surface area contributed by atoms with E-state index in [0.29, 0.717) is 24.3 Å². The minimum atomic E-state index is -3.37. The fourth-order valence-electron chi connectivity index (χ4n) is 2.30. The highest BCUT2D eigenvalue weighted by Crippen LogP contribution is 2.24. The van der Waals surface area contributed by atoms with Crippen molar-refractivity contribution in [3.05, 3.63) is 23.8 Å². The number of benzene rings is 1. The van der Waals surface area contributed by atoms with Crippen molar-refractivity contribution in [2.24, 2.45) is 5.73 Å². The molecule has 1 aliphatic rings. The van der Waals surface area contributed by atoms with Gasteiger partial charge in [-0.1, -0.05) is 6.07 Å². The van der Waals surface area contributed by atoms with Crippen LogP contribution in [0.5, 0.6) is 0 Å². The van der Waals surface area contributed by atoms with E-state index in [4.69, 9.17) is 10.5 Å². The van der Waals surface area contributed by atoms with Crippen LogP contribution in [-0.4, -0.2) is 39.3 Å². The van der Waals surface area contributed by atoms with Crippen LogP contribution in [0.1, 0.15) is 18.4 Å². The molecule has 0 saturated carbocycles. The van der Waals surface area contributed by atoms with Crippen molar-refractivity contribution in [2.75, 3.05) is 22.8 Å². The van der Waals surface area contributed by atoms with E-state index in [9.17, 15) is 13.2 Å². The molecule has 1 aliphatic heterocycles. The number of carbonyl (C=O) groups excluding carboxylic acids is 1. The maximum absolute atomic E-state index is 12.1. The average molecular weight is 327 g/mol. The third-order valence-corrected chi connectivity index (χ3v) is 4.05. The first-order valence-corrected chi connectivity index (χ1v) is 8.92. The van der Waals surface area contributed by atoms with Gasteiger partial charge in [-0.3, -0.25) is 9.52 Å². The van der Waals surface area contributed by atoms with E-state index < -0.39 is 16.1 Å². The fourth-order valence-corrected chi connectivity index (χ4v) is 2.92. The van der Waals surface area contributed by atoms with Gasteiger partial charge in [-0.05, 0) is 37.5 Å². The molecule has 1 aromatic carbocycles. The summed E-state index contributed by atoms with van der Waals surface area (Å²) in [5.41, 5.74) is 7.24. The number of nitrogens with one attached hydrogen (secondary N) is 2. The van der Waals surface area contributed by atoms with Crippen molar-refractivity contribution in [3.8, 4) is 0 Å². The van der Waals surface area contributed by atoms with Gasteiger partial charge in [0.1, 0.15) is 6.10 Å². The summed E-state index contributed by atoms with van der Waals surface area (Å²) in [4.78, 5) is 12.1. The zero-order valence-corrected chi connectivity index (χ0v) is 13.4. The number of carbonyl (C=O) groups is 1. The molecule has 4 N–H and O–H groups in total. The standard InChI is InChI=1S/C14H21N3O4S/c1-9-3-4-10(7-12(9)17-22(2,19)20)16-14(18)13-6-5-11(8-15)21-13/h3-4,7,11,13,17H,5-6,8,15H2,1-2H3,(H,16,18)/t11-,13+/m1/s1. The molecular weight excluding hydrogens is 306 g/mol. The maximum atomic E-state index is 12.1. The van der Waals surface area contributed by atoms with Crippen molar-refractivity contribution in [2.45, 2.75) is 32.0 Å². The van der Waals surface area contributed by atoms with Crippen LogP contribution in [0.2, 0.25) is 0 Å². The van der Waals surface area contributed by atoms with Gasteiger partial charge in [0, 0.05) is 12.2 Å². The first-order valence-electron chi connectivity index (χ1n) is 7.03. The van der Waals surface area contributed by atoms with Crippen LogP contribution in [0, 0.1) is 6.92 Å². The molecule has 8 heteroatoms. The Balaban J connectivity index is 2.07. The highest BCUT2D eigenvalue weighted by atomic mass is 32.2. The van der Waals surface area contributed by atoms with Gasteiger partial charge in [-0.25, -0.2) is 8.42 Å². The number of sulfonamides is 1. The summed E-state index contributed by atoms with van der Waals surface area (Å²) in [6.07, 6.45) is 1.89. The summed E-state index contributed by atoms with van der Waals surface area (Å²) in [5, 5.41) is 2.74. The van der Waals surface area contributed by atoms with Gasteiger partial charge >= 0.3 is 0 Å². The Morgan fingerprint density at radius 1 is 1.41 bits per heavy atom. The summed E-state index contributed by atoms with van der Waals surface area (Å²) in [7, 11) is -3.37. The molecule has 1 heterocycles. The average Bonchev–Trinajstić information content (AvgIpc) is 2.90. The van der Waals surface area contributed by atoms with Crippen LogP contribution in [0.25, 0.3) is 0 Å². The van der Waals surface area contributed by atoms with Crippen LogP contribution in [-0.2, 0) is 19.6 Å². The second-order valence-electron chi connectivity index (χ2n) is 5.45. The number of amides is 1. The lowest BCUT2D eigenvalue weighted by molar-refractivity contribution is -0.126. The quantitative estimate of drug-likeness (QED) is 0.741. The summed E-state index contributed by atoms with van der Waals surface area (Å²) in [5.74, 6) is -0.245. The molecule has 0 aliphatic carbocycles. The zero-order chi connectivity index (χ0) is 16.3. The maximum Gasteiger partial charge on any atom is 0.253 e. The summed E-state index contributed by atoms with van der Waals surface area (Å²) < 4.78 is 30.6. The molecule has 7 nitrogen and oxygen atoms in total. The minimum Gasteiger partial charge on any atom is -0.364 e. The van der Waals surface area contributed by atoms with Gasteiger partial charge in [0.05, 0.1) is 18.0 Å². The molecule has 2 rings (SSSR count). The Bertz CT molecular complexity index is 660. The molecule has 1 saturated heterocycles. The number of anilines is 2. The zero-order valence-electron chi connectivity index (χ0n) is 12.6. The van der Waals surface area contributed by atoms with Gasteiger partial charge in [0.15, 0.2) is 0 Å². The monoisotopic (exact) mass is 327 g/mol. The van der Waals surface area contributed by atoms with Gasteiger partial charge in [-0.15, -0.1) is 0 Å². The second kappa shape index (κ2) is 6.64. The molecule has 1 fully saturated rings. The molecule has 122 valence electrons. The molecule has 0 radical (unpaired) electrons. The first-order chi connectivity index (χ1) is 10.3. The lowest BCUT2D eigenvalue weighted by Gasteiger charge is -2.14. The van der Waals surface area contributed by atoms with Gasteiger partial charge in [-0.2, -0.15) is 0 Å². The van der Waals surface area contributed by atoms with Crippen molar-refractivity contribution in [3.63, 3.8) is 0 Å². The molecule has 22 heavy (non-hydrogen) atoms. The molecule has 2 atom stereocenters. The van der Waals surface area contributed by atoms with Crippen LogP contribution in [0.4, 0.5) is 11.4 Å². The predicted octanol–water partition coefficient (Wildman–Crippen LogP) is 0.811. The number of aryl methyl sites for hydroxylation is 1. The third-order valence-electron chi connectivity index (χ3n) is 3.46. The number of nitrogens with two attached hydrogens (primary N) is 1. The minimum absolute atomic E-state index is 0.0729. The Labute approximate surface area is 130 Å². The SMILES string of the molecule is Cc1ccc(NC(=O)[C@@H]2CC[C@H](CN)O2)cc1NS(C)(=O)=O. The van der Waals surface area contributed by atoms with Crippen molar-refractivity contribution < 1.29 is 17.9 Å². The van der Waals surface area contributed by atoms with E-state index >= 15 is 0 Å². The third kappa shape index (κ3) is 4.43. The molecule has 1 aromatic rings. The largest absolute Gasteiger partial charge is 0.364 e. The predicted molar refractivity (Wildman–Crippen MR) is 85.2 cm³/mol. The highest BCUT2D eigenvalue weighted by Gasteiger charge is 2.29. The topological polar surface area (TPSA) is 111 Å². The summed E-state index contributed by atoms with van der Waals surface area (Å²) in [6.45, 7) is 2.18. The fraction of sp³-hybridized carbons (Fsp3) is 0.500. The molecule has 0 aromatic heterocycles. The van der Waals surface area contributed by atoms with Crippen molar-refractivity contribution >= 4 is 27.3 Å². The lowest BCUT2D eigenvalue weighted by Crippen LogP contribution is -2.29. The molecular formula is C14H21N3O4S. The highest BCUT2D eigenvalue weighted by molar-refractivity contribution is 7.92. The van der Waals surface area contributed by atoms with Crippen molar-refractivity contribution in [1.29, 1.82) is 0 Å². The van der Waals surface area contributed by atoms with E-state index in [1.165, 1.54) is 0 Å². The van der Waals surface area contributed by atoms with Crippen LogP contribution in [0.3, 0.4) is 0 Å². The number of hydrogen-bond donors (Lipinski definition) is 3. The smallest absolute Gasteiger partial charge is 0.253 e. The Morgan fingerprint density at radius 2 is 2.14 bits per heavy atom. The molecule has 0 unspecified atom stereocenters. The first kappa shape index (κ1) is 16.7. The second-order valence-corrected chi connectivity index (χ2v) is 7.20. The number of ether oxygens (including phenoxy) is 1. The molecule has 1 amide bonds. The summed E-state index contributed by atoms with van der Waals surface area (Å²) in [6, 6.07) is 5.04. The van der Waals surface area contributed by atoms with Gasteiger partial charge < -0.3 is 15.8 Å². The number of hydrogen-bond acceptors (Lipinski definition) is 5. The van der Waals surface area contributed by atoms with E-state index in [-0.39, 0.29) is 12.0 Å². The van der Waals surface area contributed by atoms with Gasteiger partial charge in [0.2, 0.25) is 10.0 Å². The molecule has 0 bridgehead atoms. The van der Waals surface area contributed by atoms with Crippen molar-refractivity contribution in [1.82, 2.24) is 0 Å². The van der Waals surface area contributed by atoms with Crippen LogP contribution in [0.15, 0.2) is 18.2 Å². The normalized spacial score (nSPS) is 21.6. The number of rotatable bonds is 5. The lowest BCUT2D eigenvalue weighted by atomic mass is 10.1. The Morgan fingerprint density at radius 3 is 2.73 bits per heavy atom. The van der Waals surface area contributed by atoms with E-state index in [2.05, 4.69) is 10.0 Å². The van der Waals surface area contributed by atoms with Crippen LogP contribution >= 0.6 is 0 Å². The Kier molecular flexibility index (Phi) is 5.05.